The highest BCUT2D eigenvalue weighted by atomic mass is 32.2. The Kier molecular flexibility index (Phi) is 4.46. The third-order valence-electron chi connectivity index (χ3n) is 4.45. The maximum atomic E-state index is 10.0. The van der Waals surface area contributed by atoms with Gasteiger partial charge in [0.25, 0.3) is 0 Å². The molecule has 3 atom stereocenters. The molecule has 1 aliphatic carbocycles. The second-order valence-electron chi connectivity index (χ2n) is 5.75. The van der Waals surface area contributed by atoms with E-state index in [2.05, 4.69) is 29.6 Å². The normalized spacial score (nSPS) is 30.9. The number of fused-ring (bicyclic) bond motifs is 1. The molecular weight excluding hydrogens is 254 g/mol. The van der Waals surface area contributed by atoms with Crippen molar-refractivity contribution in [2.75, 3.05) is 12.3 Å². The molecule has 2 nitrogen and oxygen atoms in total. The summed E-state index contributed by atoms with van der Waals surface area (Å²) in [4.78, 5) is 1.43. The molecule has 2 N–H and O–H groups in total. The van der Waals surface area contributed by atoms with Gasteiger partial charge in [0.05, 0.1) is 6.10 Å². The van der Waals surface area contributed by atoms with E-state index in [4.69, 9.17) is 0 Å². The number of aliphatic hydroxyl groups is 1. The van der Waals surface area contributed by atoms with E-state index in [9.17, 15) is 5.11 Å². The number of nitrogens with one attached hydrogen (secondary N) is 1. The minimum atomic E-state index is -0.0885. The fourth-order valence-corrected chi connectivity index (χ4v) is 4.40. The molecule has 0 aromatic heterocycles. The lowest BCUT2D eigenvalue weighted by molar-refractivity contribution is 0.0679. The van der Waals surface area contributed by atoms with Crippen LogP contribution in [0.25, 0.3) is 0 Å². The molecule has 0 radical (unpaired) electrons. The van der Waals surface area contributed by atoms with Crippen LogP contribution in [-0.2, 0) is 0 Å². The predicted octanol–water partition coefficient (Wildman–Crippen LogP) is 3.36. The third-order valence-corrected chi connectivity index (χ3v) is 5.58. The van der Waals surface area contributed by atoms with Crippen LogP contribution in [0.5, 0.6) is 0 Å². The molecule has 3 unspecified atom stereocenters. The molecule has 2 aliphatic rings. The molecule has 1 aromatic carbocycles. The fraction of sp³-hybridized carbons (Fsp3) is 0.625. The summed E-state index contributed by atoms with van der Waals surface area (Å²) in [5.74, 6) is 1.65. The van der Waals surface area contributed by atoms with Crippen molar-refractivity contribution in [2.24, 2.45) is 5.92 Å². The Morgan fingerprint density at radius 3 is 2.89 bits per heavy atom. The summed E-state index contributed by atoms with van der Waals surface area (Å²) >= 11 is 1.97. The standard InChI is InChI=1S/C16H23NOS/c18-15-7-3-1-5-12(15)11-17-14-9-10-19-16-8-4-2-6-13(14)16/h2,4,6,8,12,14-15,17-18H,1,3,5,7,9-11H2. The first-order chi connectivity index (χ1) is 9.34. The molecule has 3 heteroatoms. The van der Waals surface area contributed by atoms with Crippen LogP contribution in [0, 0.1) is 5.92 Å². The second kappa shape index (κ2) is 6.29. The summed E-state index contributed by atoms with van der Waals surface area (Å²) in [5, 5.41) is 13.8. The van der Waals surface area contributed by atoms with Crippen molar-refractivity contribution >= 4 is 11.8 Å². The number of benzene rings is 1. The molecule has 1 saturated carbocycles. The summed E-state index contributed by atoms with van der Waals surface area (Å²) in [7, 11) is 0. The predicted molar refractivity (Wildman–Crippen MR) is 80.5 cm³/mol. The van der Waals surface area contributed by atoms with Gasteiger partial charge < -0.3 is 10.4 Å². The van der Waals surface area contributed by atoms with Crippen LogP contribution < -0.4 is 5.32 Å². The molecule has 1 aromatic rings. The summed E-state index contributed by atoms with van der Waals surface area (Å²) in [6.45, 7) is 0.963. The highest BCUT2D eigenvalue weighted by molar-refractivity contribution is 7.99. The van der Waals surface area contributed by atoms with Gasteiger partial charge in [-0.05, 0) is 42.6 Å². The van der Waals surface area contributed by atoms with Gasteiger partial charge in [-0.15, -0.1) is 11.8 Å². The van der Waals surface area contributed by atoms with Gasteiger partial charge >= 0.3 is 0 Å². The highest BCUT2D eigenvalue weighted by Crippen LogP contribution is 2.36. The van der Waals surface area contributed by atoms with Gasteiger partial charge in [0.2, 0.25) is 0 Å². The van der Waals surface area contributed by atoms with Gasteiger partial charge in [0.15, 0.2) is 0 Å². The molecular formula is C16H23NOS. The number of hydrogen-bond acceptors (Lipinski definition) is 3. The van der Waals surface area contributed by atoms with Crippen molar-refractivity contribution in [2.45, 2.75) is 49.1 Å². The molecule has 1 aliphatic heterocycles. The summed E-state index contributed by atoms with van der Waals surface area (Å²) in [5.41, 5.74) is 1.45. The van der Waals surface area contributed by atoms with E-state index in [-0.39, 0.29) is 6.10 Å². The van der Waals surface area contributed by atoms with E-state index in [1.807, 2.05) is 11.8 Å². The lowest BCUT2D eigenvalue weighted by Crippen LogP contribution is -2.36. The number of aliphatic hydroxyl groups excluding tert-OH is 1. The van der Waals surface area contributed by atoms with Gasteiger partial charge in [0, 0.05) is 17.5 Å². The van der Waals surface area contributed by atoms with Gasteiger partial charge in [-0.1, -0.05) is 31.0 Å². The van der Waals surface area contributed by atoms with Crippen LogP contribution in [0.3, 0.4) is 0 Å². The molecule has 3 rings (SSSR count). The number of hydrogen-bond donors (Lipinski definition) is 2. The van der Waals surface area contributed by atoms with Crippen molar-refractivity contribution in [3.8, 4) is 0 Å². The monoisotopic (exact) mass is 277 g/mol. The SMILES string of the molecule is OC1CCCCC1CNC1CCSc2ccccc21. The van der Waals surface area contributed by atoms with Crippen molar-refractivity contribution in [1.82, 2.24) is 5.32 Å². The molecule has 1 fully saturated rings. The van der Waals surface area contributed by atoms with E-state index < -0.39 is 0 Å². The molecule has 1 heterocycles. The van der Waals surface area contributed by atoms with Crippen LogP contribution in [0.4, 0.5) is 0 Å². The van der Waals surface area contributed by atoms with Crippen LogP contribution >= 0.6 is 11.8 Å². The van der Waals surface area contributed by atoms with Crippen molar-refractivity contribution in [3.63, 3.8) is 0 Å². The average molecular weight is 277 g/mol. The summed E-state index contributed by atoms with van der Waals surface area (Å²) in [6.07, 6.45) is 5.75. The first-order valence-corrected chi connectivity index (χ1v) is 8.46. The Hall–Kier alpha value is -0.510. The zero-order chi connectivity index (χ0) is 13.1. The highest BCUT2D eigenvalue weighted by Gasteiger charge is 2.25. The molecule has 0 amide bonds. The zero-order valence-electron chi connectivity index (χ0n) is 11.3. The second-order valence-corrected chi connectivity index (χ2v) is 6.88. The largest absolute Gasteiger partial charge is 0.393 e. The quantitative estimate of drug-likeness (QED) is 0.888. The smallest absolute Gasteiger partial charge is 0.0580 e. The first-order valence-electron chi connectivity index (χ1n) is 7.48. The first kappa shape index (κ1) is 13.5. The Labute approximate surface area is 120 Å². The molecule has 0 bridgehead atoms. The minimum Gasteiger partial charge on any atom is -0.393 e. The van der Waals surface area contributed by atoms with Crippen molar-refractivity contribution in [3.05, 3.63) is 29.8 Å². The molecule has 19 heavy (non-hydrogen) atoms. The van der Waals surface area contributed by atoms with Crippen LogP contribution in [0.15, 0.2) is 29.2 Å². The fourth-order valence-electron chi connectivity index (χ4n) is 3.27. The maximum absolute atomic E-state index is 10.0. The van der Waals surface area contributed by atoms with Crippen molar-refractivity contribution < 1.29 is 5.11 Å². The van der Waals surface area contributed by atoms with Gasteiger partial charge in [-0.3, -0.25) is 0 Å². The van der Waals surface area contributed by atoms with Gasteiger partial charge in [0.1, 0.15) is 0 Å². The van der Waals surface area contributed by atoms with Gasteiger partial charge in [-0.25, -0.2) is 0 Å². The van der Waals surface area contributed by atoms with Crippen LogP contribution in [0.1, 0.15) is 43.7 Å². The molecule has 104 valence electrons. The van der Waals surface area contributed by atoms with E-state index in [0.717, 1.165) is 13.0 Å². The van der Waals surface area contributed by atoms with Crippen molar-refractivity contribution in [1.29, 1.82) is 0 Å². The lowest BCUT2D eigenvalue weighted by atomic mass is 9.86. The Bertz CT molecular complexity index is 423. The number of thioether (sulfide) groups is 1. The average Bonchev–Trinajstić information content (AvgIpc) is 2.46. The lowest BCUT2D eigenvalue weighted by Gasteiger charge is -2.31. The maximum Gasteiger partial charge on any atom is 0.0580 e. The summed E-state index contributed by atoms with van der Waals surface area (Å²) in [6, 6.07) is 9.21. The van der Waals surface area contributed by atoms with Gasteiger partial charge in [-0.2, -0.15) is 0 Å². The van der Waals surface area contributed by atoms with Crippen LogP contribution in [0.2, 0.25) is 0 Å². The van der Waals surface area contributed by atoms with E-state index in [1.54, 1.807) is 0 Å². The number of rotatable bonds is 3. The van der Waals surface area contributed by atoms with E-state index >= 15 is 0 Å². The Morgan fingerprint density at radius 1 is 1.16 bits per heavy atom. The Morgan fingerprint density at radius 2 is 2.00 bits per heavy atom. The van der Waals surface area contributed by atoms with E-state index in [1.165, 1.54) is 41.9 Å². The third kappa shape index (κ3) is 3.15. The Balaban J connectivity index is 1.61. The minimum absolute atomic E-state index is 0.0885. The molecule has 0 spiro atoms. The topological polar surface area (TPSA) is 32.3 Å². The van der Waals surface area contributed by atoms with E-state index in [0.29, 0.717) is 12.0 Å². The molecule has 0 saturated heterocycles. The van der Waals surface area contributed by atoms with Crippen LogP contribution in [-0.4, -0.2) is 23.5 Å². The zero-order valence-corrected chi connectivity index (χ0v) is 12.2. The summed E-state index contributed by atoms with van der Waals surface area (Å²) < 4.78 is 0.